The highest BCUT2D eigenvalue weighted by Gasteiger charge is 2.06. The van der Waals surface area contributed by atoms with Gasteiger partial charge in [-0.1, -0.05) is 30.3 Å². The topological polar surface area (TPSA) is 87.1 Å². The molecule has 0 unspecified atom stereocenters. The van der Waals surface area contributed by atoms with Crippen molar-refractivity contribution in [3.8, 4) is 0 Å². The van der Waals surface area contributed by atoms with Crippen LogP contribution in [0.4, 0.5) is 17.3 Å². The zero-order valence-electron chi connectivity index (χ0n) is 14.7. The molecule has 6 nitrogen and oxygen atoms in total. The van der Waals surface area contributed by atoms with E-state index in [1.807, 2.05) is 19.1 Å². The monoisotopic (exact) mass is 348 g/mol. The fraction of sp³-hybridized carbons (Fsp3) is 0.150. The molecular formula is C20H20N4O2. The van der Waals surface area contributed by atoms with Crippen molar-refractivity contribution in [3.05, 3.63) is 77.1 Å². The lowest BCUT2D eigenvalue weighted by atomic mass is 10.1. The summed E-state index contributed by atoms with van der Waals surface area (Å²) in [4.78, 5) is 19.9. The first-order valence-corrected chi connectivity index (χ1v) is 8.26. The fourth-order valence-corrected chi connectivity index (χ4v) is 2.59. The first-order chi connectivity index (χ1) is 12.5. The molecule has 0 amide bonds. The number of aromatic nitrogens is 2. The fourth-order valence-electron chi connectivity index (χ4n) is 2.59. The van der Waals surface area contributed by atoms with Crippen LogP contribution in [-0.2, 0) is 6.54 Å². The number of rotatable bonds is 6. The Bertz CT molecular complexity index is 941. The second kappa shape index (κ2) is 7.65. The summed E-state index contributed by atoms with van der Waals surface area (Å²) in [6.45, 7) is 4.56. The molecule has 3 aromatic rings. The summed E-state index contributed by atoms with van der Waals surface area (Å²) < 4.78 is 0. The molecule has 0 spiro atoms. The van der Waals surface area contributed by atoms with Crippen LogP contribution in [0, 0.1) is 13.8 Å². The van der Waals surface area contributed by atoms with E-state index >= 15 is 0 Å². The van der Waals surface area contributed by atoms with Crippen molar-refractivity contribution in [1.29, 1.82) is 0 Å². The van der Waals surface area contributed by atoms with Crippen molar-refractivity contribution in [2.75, 3.05) is 10.6 Å². The Hall–Kier alpha value is -3.41. The summed E-state index contributed by atoms with van der Waals surface area (Å²) in [6, 6.07) is 16.6. The largest absolute Gasteiger partial charge is 0.478 e. The van der Waals surface area contributed by atoms with Crippen LogP contribution in [-0.4, -0.2) is 21.0 Å². The van der Waals surface area contributed by atoms with Crippen LogP contribution in [0.5, 0.6) is 0 Å². The molecule has 3 rings (SSSR count). The number of nitrogens with zero attached hydrogens (tertiary/aromatic N) is 2. The van der Waals surface area contributed by atoms with Crippen molar-refractivity contribution in [3.63, 3.8) is 0 Å². The van der Waals surface area contributed by atoms with E-state index in [-0.39, 0.29) is 5.56 Å². The second-order valence-corrected chi connectivity index (χ2v) is 5.98. The molecule has 3 N–H and O–H groups in total. The third-order valence-electron chi connectivity index (χ3n) is 3.94. The Labute approximate surface area is 152 Å². The van der Waals surface area contributed by atoms with Crippen LogP contribution in [0.15, 0.2) is 54.6 Å². The highest BCUT2D eigenvalue weighted by atomic mass is 16.4. The molecule has 26 heavy (non-hydrogen) atoms. The maximum Gasteiger partial charge on any atom is 0.335 e. The Morgan fingerprint density at radius 2 is 1.77 bits per heavy atom. The third kappa shape index (κ3) is 4.36. The Kier molecular flexibility index (Phi) is 5.12. The molecule has 0 radical (unpaired) electrons. The lowest BCUT2D eigenvalue weighted by molar-refractivity contribution is 0.0697. The quantitative estimate of drug-likeness (QED) is 0.620. The summed E-state index contributed by atoms with van der Waals surface area (Å²) in [5.41, 5.74) is 3.30. The number of carbonyl (C=O) groups is 1. The molecule has 0 saturated carbocycles. The van der Waals surface area contributed by atoms with Gasteiger partial charge in [-0.3, -0.25) is 0 Å². The van der Waals surface area contributed by atoms with Crippen molar-refractivity contribution in [2.24, 2.45) is 0 Å². The van der Waals surface area contributed by atoms with E-state index in [2.05, 4.69) is 39.7 Å². The lowest BCUT2D eigenvalue weighted by Crippen LogP contribution is -2.06. The van der Waals surface area contributed by atoms with E-state index in [9.17, 15) is 4.79 Å². The summed E-state index contributed by atoms with van der Waals surface area (Å²) in [7, 11) is 0. The van der Waals surface area contributed by atoms with Crippen LogP contribution < -0.4 is 10.6 Å². The number of hydrogen-bond donors (Lipinski definition) is 3. The van der Waals surface area contributed by atoms with E-state index in [1.165, 1.54) is 11.1 Å². The molecule has 1 heterocycles. The number of nitrogens with one attached hydrogen (secondary N) is 2. The third-order valence-corrected chi connectivity index (χ3v) is 3.94. The number of anilines is 3. The summed E-state index contributed by atoms with van der Waals surface area (Å²) in [5, 5.41) is 15.5. The van der Waals surface area contributed by atoms with Crippen LogP contribution in [0.1, 0.15) is 27.3 Å². The standard InChI is InChI=1S/C20H20N4O2/c1-13-6-3-4-7-16(13)12-21-18-11-19(23-14(2)22-18)24-17-9-5-8-15(10-17)20(25)26/h3-11H,12H2,1-2H3,(H,25,26)(H2,21,22,23,24). The summed E-state index contributed by atoms with van der Waals surface area (Å²) >= 11 is 0. The average Bonchev–Trinajstić information content (AvgIpc) is 2.61. The molecule has 1 aromatic heterocycles. The predicted octanol–water partition coefficient (Wildman–Crippen LogP) is 4.15. The molecule has 0 aliphatic carbocycles. The first-order valence-electron chi connectivity index (χ1n) is 8.26. The zero-order valence-corrected chi connectivity index (χ0v) is 14.7. The smallest absolute Gasteiger partial charge is 0.335 e. The van der Waals surface area contributed by atoms with Gasteiger partial charge in [-0.05, 0) is 43.2 Å². The van der Waals surface area contributed by atoms with E-state index < -0.39 is 5.97 Å². The van der Waals surface area contributed by atoms with Gasteiger partial charge in [0.25, 0.3) is 0 Å². The van der Waals surface area contributed by atoms with Gasteiger partial charge in [0, 0.05) is 18.3 Å². The Morgan fingerprint density at radius 3 is 2.54 bits per heavy atom. The summed E-state index contributed by atoms with van der Waals surface area (Å²) in [6.07, 6.45) is 0. The maximum absolute atomic E-state index is 11.1. The van der Waals surface area contributed by atoms with Gasteiger partial charge in [0.2, 0.25) is 0 Å². The van der Waals surface area contributed by atoms with Crippen LogP contribution in [0.25, 0.3) is 0 Å². The van der Waals surface area contributed by atoms with Gasteiger partial charge in [-0.15, -0.1) is 0 Å². The first kappa shape index (κ1) is 17.4. The van der Waals surface area contributed by atoms with Crippen molar-refractivity contribution < 1.29 is 9.90 Å². The molecule has 132 valence electrons. The maximum atomic E-state index is 11.1. The number of aromatic carboxylic acids is 1. The lowest BCUT2D eigenvalue weighted by Gasteiger charge is -2.11. The van der Waals surface area contributed by atoms with Gasteiger partial charge in [0.1, 0.15) is 17.5 Å². The molecule has 0 aliphatic heterocycles. The molecule has 0 bridgehead atoms. The van der Waals surface area contributed by atoms with Gasteiger partial charge in [-0.2, -0.15) is 0 Å². The van der Waals surface area contributed by atoms with Crippen molar-refractivity contribution in [2.45, 2.75) is 20.4 Å². The molecule has 6 heteroatoms. The Balaban J connectivity index is 1.76. The molecule has 0 atom stereocenters. The van der Waals surface area contributed by atoms with Gasteiger partial charge >= 0.3 is 5.97 Å². The minimum Gasteiger partial charge on any atom is -0.478 e. The van der Waals surface area contributed by atoms with Crippen LogP contribution in [0.3, 0.4) is 0 Å². The number of aryl methyl sites for hydroxylation is 2. The van der Waals surface area contributed by atoms with Gasteiger partial charge in [0.15, 0.2) is 0 Å². The highest BCUT2D eigenvalue weighted by Crippen LogP contribution is 2.19. The van der Waals surface area contributed by atoms with E-state index in [0.717, 1.165) is 0 Å². The molecule has 0 aliphatic rings. The van der Waals surface area contributed by atoms with Crippen molar-refractivity contribution >= 4 is 23.3 Å². The number of carboxylic acids is 1. The van der Waals surface area contributed by atoms with Gasteiger partial charge in [0.05, 0.1) is 5.56 Å². The predicted molar refractivity (Wildman–Crippen MR) is 102 cm³/mol. The van der Waals surface area contributed by atoms with Crippen LogP contribution in [0.2, 0.25) is 0 Å². The second-order valence-electron chi connectivity index (χ2n) is 5.98. The molecule has 0 fully saturated rings. The van der Waals surface area contributed by atoms with E-state index in [1.54, 1.807) is 30.3 Å². The molecule has 0 saturated heterocycles. The van der Waals surface area contributed by atoms with Crippen LogP contribution >= 0.6 is 0 Å². The minimum absolute atomic E-state index is 0.221. The SMILES string of the molecule is Cc1nc(NCc2ccccc2C)cc(Nc2cccc(C(=O)O)c2)n1. The molecule has 2 aromatic carbocycles. The van der Waals surface area contributed by atoms with E-state index in [0.29, 0.717) is 29.7 Å². The molecular weight excluding hydrogens is 328 g/mol. The highest BCUT2D eigenvalue weighted by molar-refractivity contribution is 5.89. The zero-order chi connectivity index (χ0) is 18.5. The Morgan fingerprint density at radius 1 is 1.00 bits per heavy atom. The van der Waals surface area contributed by atoms with Gasteiger partial charge in [-0.25, -0.2) is 14.8 Å². The normalized spacial score (nSPS) is 10.4. The number of carboxylic acid groups (broad SMARTS) is 1. The number of hydrogen-bond acceptors (Lipinski definition) is 5. The number of benzene rings is 2. The van der Waals surface area contributed by atoms with E-state index in [4.69, 9.17) is 5.11 Å². The van der Waals surface area contributed by atoms with Crippen molar-refractivity contribution in [1.82, 2.24) is 9.97 Å². The summed E-state index contributed by atoms with van der Waals surface area (Å²) in [5.74, 6) is 0.967. The minimum atomic E-state index is -0.965. The average molecular weight is 348 g/mol. The van der Waals surface area contributed by atoms with Gasteiger partial charge < -0.3 is 15.7 Å².